The summed E-state index contributed by atoms with van der Waals surface area (Å²) in [4.78, 5) is 19.4. The number of nitrogens with zero attached hydrogens (tertiary/aromatic N) is 5. The number of para-hydroxylation sites is 1. The molecule has 0 spiro atoms. The second-order valence-corrected chi connectivity index (χ2v) is 6.21. The maximum absolute atomic E-state index is 12.1. The number of thioether (sulfide) groups is 1. The molecule has 26 heavy (non-hydrogen) atoms. The summed E-state index contributed by atoms with van der Waals surface area (Å²) in [5.74, 6) is 1.10. The van der Waals surface area contributed by atoms with Gasteiger partial charge in [-0.25, -0.2) is 0 Å². The Morgan fingerprint density at radius 1 is 1.27 bits per heavy atom. The van der Waals surface area contributed by atoms with E-state index >= 15 is 0 Å². The van der Waals surface area contributed by atoms with Crippen molar-refractivity contribution in [2.24, 2.45) is 0 Å². The molecule has 130 valence electrons. The van der Waals surface area contributed by atoms with Crippen molar-refractivity contribution in [2.45, 2.75) is 18.6 Å². The summed E-state index contributed by atoms with van der Waals surface area (Å²) in [5, 5.41) is 11.9. The highest BCUT2D eigenvalue weighted by Crippen LogP contribution is 2.25. The molecule has 0 aliphatic rings. The highest BCUT2D eigenvalue weighted by atomic mass is 32.2. The van der Waals surface area contributed by atoms with Crippen LogP contribution in [0.5, 0.6) is 0 Å². The minimum absolute atomic E-state index is 0.104. The second kappa shape index (κ2) is 8.27. The first-order valence-corrected chi connectivity index (χ1v) is 8.94. The smallest absolute Gasteiger partial charge is 0.270 e. The van der Waals surface area contributed by atoms with Crippen molar-refractivity contribution in [1.29, 1.82) is 0 Å². The number of pyridine rings is 1. The van der Waals surface area contributed by atoms with Gasteiger partial charge < -0.3 is 14.7 Å². The zero-order valence-electron chi connectivity index (χ0n) is 14.1. The van der Waals surface area contributed by atoms with E-state index in [0.717, 1.165) is 11.3 Å². The van der Waals surface area contributed by atoms with Crippen LogP contribution in [-0.2, 0) is 11.3 Å². The van der Waals surface area contributed by atoms with Crippen LogP contribution in [0.25, 0.3) is 16.2 Å². The molecule has 0 aliphatic heterocycles. The summed E-state index contributed by atoms with van der Waals surface area (Å²) in [6, 6.07) is 12.8. The Hall–Kier alpha value is -3.18. The van der Waals surface area contributed by atoms with Gasteiger partial charge in [0.2, 0.25) is 5.91 Å². The molecule has 2 heterocycles. The van der Waals surface area contributed by atoms with Gasteiger partial charge in [-0.2, -0.15) is 0 Å². The number of carbonyl (C=O) groups excluding carboxylic acids is 1. The number of nitrogens with one attached hydrogen (secondary N) is 1. The van der Waals surface area contributed by atoms with Gasteiger partial charge in [-0.05, 0) is 31.2 Å². The summed E-state index contributed by atoms with van der Waals surface area (Å²) >= 11 is 1.33. The minimum atomic E-state index is -0.104. The van der Waals surface area contributed by atoms with Crippen molar-refractivity contribution >= 4 is 29.2 Å². The van der Waals surface area contributed by atoms with Gasteiger partial charge in [0.1, 0.15) is 6.20 Å². The summed E-state index contributed by atoms with van der Waals surface area (Å²) < 4.78 is 1.92. The van der Waals surface area contributed by atoms with Crippen molar-refractivity contribution in [2.75, 3.05) is 11.1 Å². The molecule has 0 fully saturated rings. The highest BCUT2D eigenvalue weighted by molar-refractivity contribution is 7.99. The third kappa shape index (κ3) is 4.07. The molecule has 2 aromatic heterocycles. The predicted molar refractivity (Wildman–Crippen MR) is 101 cm³/mol. The Morgan fingerprint density at radius 2 is 2.08 bits per heavy atom. The summed E-state index contributed by atoms with van der Waals surface area (Å²) in [5.41, 5.74) is 1.54. The summed E-state index contributed by atoms with van der Waals surface area (Å²) in [6.07, 6.45) is 1.58. The number of carbonyl (C=O) groups is 1. The van der Waals surface area contributed by atoms with Crippen molar-refractivity contribution in [3.05, 3.63) is 60.1 Å². The van der Waals surface area contributed by atoms with E-state index < -0.39 is 0 Å². The molecule has 8 heteroatoms. The van der Waals surface area contributed by atoms with E-state index in [0.29, 0.717) is 23.3 Å². The molecule has 3 rings (SSSR count). The molecule has 0 bridgehead atoms. The van der Waals surface area contributed by atoms with Crippen molar-refractivity contribution in [1.82, 2.24) is 19.7 Å². The average molecular weight is 364 g/mol. The lowest BCUT2D eigenvalue weighted by atomic mass is 10.2. The first-order valence-electron chi connectivity index (χ1n) is 7.96. The van der Waals surface area contributed by atoms with Crippen molar-refractivity contribution in [3.63, 3.8) is 0 Å². The molecule has 0 saturated carbocycles. The second-order valence-electron chi connectivity index (χ2n) is 5.27. The molecular formula is C18H16N6OS. The number of aromatic nitrogens is 4. The standard InChI is InChI=1S/C18H16N6OS/c1-3-24-17(13-9-10-20-15(11-13)19-2)22-23-18(24)26-12-16(25)21-14-7-5-4-6-8-14/h4-11H,3,12H2,1H3,(H,21,25). The number of hydrogen-bond donors (Lipinski definition) is 1. The Morgan fingerprint density at radius 3 is 2.81 bits per heavy atom. The van der Waals surface area contributed by atoms with Gasteiger partial charge in [0.05, 0.1) is 5.75 Å². The quantitative estimate of drug-likeness (QED) is 0.534. The van der Waals surface area contributed by atoms with Crippen LogP contribution < -0.4 is 5.32 Å². The zero-order valence-corrected chi connectivity index (χ0v) is 14.9. The molecule has 0 atom stereocenters. The van der Waals surface area contributed by atoms with Crippen LogP contribution in [0.3, 0.4) is 0 Å². The lowest BCUT2D eigenvalue weighted by Crippen LogP contribution is -2.14. The fourth-order valence-electron chi connectivity index (χ4n) is 2.36. The maximum atomic E-state index is 12.1. The van der Waals surface area contributed by atoms with E-state index in [-0.39, 0.29) is 11.7 Å². The van der Waals surface area contributed by atoms with E-state index in [2.05, 4.69) is 25.3 Å². The Bertz CT molecular complexity index is 948. The molecule has 3 aromatic rings. The summed E-state index contributed by atoms with van der Waals surface area (Å²) in [6.45, 7) is 9.72. The van der Waals surface area contributed by atoms with E-state index in [9.17, 15) is 4.79 Å². The van der Waals surface area contributed by atoms with Crippen molar-refractivity contribution < 1.29 is 4.79 Å². The Kier molecular flexibility index (Phi) is 5.61. The number of hydrogen-bond acceptors (Lipinski definition) is 5. The molecule has 0 saturated heterocycles. The first-order chi connectivity index (χ1) is 12.7. The molecule has 1 aromatic carbocycles. The van der Waals surface area contributed by atoms with Crippen LogP contribution in [-0.4, -0.2) is 31.4 Å². The highest BCUT2D eigenvalue weighted by Gasteiger charge is 2.15. The van der Waals surface area contributed by atoms with Crippen LogP contribution >= 0.6 is 11.8 Å². The first kappa shape index (κ1) is 17.6. The van der Waals surface area contributed by atoms with Gasteiger partial charge in [-0.3, -0.25) is 4.79 Å². The molecule has 0 unspecified atom stereocenters. The van der Waals surface area contributed by atoms with Crippen LogP contribution in [0, 0.1) is 6.57 Å². The van der Waals surface area contributed by atoms with Gasteiger partial charge in [0.25, 0.3) is 5.82 Å². The van der Waals surface area contributed by atoms with E-state index in [4.69, 9.17) is 6.57 Å². The van der Waals surface area contributed by atoms with Crippen LogP contribution in [0.4, 0.5) is 11.5 Å². The van der Waals surface area contributed by atoms with E-state index in [1.165, 1.54) is 11.8 Å². The fraction of sp³-hybridized carbons (Fsp3) is 0.167. The lowest BCUT2D eigenvalue weighted by molar-refractivity contribution is -0.113. The molecule has 7 nitrogen and oxygen atoms in total. The van der Waals surface area contributed by atoms with E-state index in [1.807, 2.05) is 41.8 Å². The predicted octanol–water partition coefficient (Wildman–Crippen LogP) is 3.64. The molecule has 0 aliphatic carbocycles. The SMILES string of the molecule is [C-]#[N+]c1cc(-c2nnc(SCC(=O)Nc3ccccc3)n2CC)ccn1. The third-order valence-corrected chi connectivity index (χ3v) is 4.51. The maximum Gasteiger partial charge on any atom is 0.270 e. The molecule has 0 radical (unpaired) electrons. The third-order valence-electron chi connectivity index (χ3n) is 3.54. The number of benzene rings is 1. The van der Waals surface area contributed by atoms with Gasteiger partial charge in [0.15, 0.2) is 11.0 Å². The molecule has 1 N–H and O–H groups in total. The van der Waals surface area contributed by atoms with Crippen LogP contribution in [0.1, 0.15) is 6.92 Å². The molecule has 1 amide bonds. The van der Waals surface area contributed by atoms with Gasteiger partial charge in [-0.1, -0.05) is 36.5 Å². The topological polar surface area (TPSA) is 77.1 Å². The molecular weight excluding hydrogens is 348 g/mol. The fourth-order valence-corrected chi connectivity index (χ4v) is 3.16. The number of anilines is 1. The largest absolute Gasteiger partial charge is 0.361 e. The van der Waals surface area contributed by atoms with Crippen LogP contribution in [0.2, 0.25) is 0 Å². The zero-order chi connectivity index (χ0) is 18.4. The minimum Gasteiger partial charge on any atom is -0.361 e. The van der Waals surface area contributed by atoms with Gasteiger partial charge in [-0.15, -0.1) is 15.2 Å². The monoisotopic (exact) mass is 364 g/mol. The van der Waals surface area contributed by atoms with E-state index in [1.54, 1.807) is 18.3 Å². The van der Waals surface area contributed by atoms with Crippen molar-refractivity contribution in [3.8, 4) is 11.4 Å². The average Bonchev–Trinajstić information content (AvgIpc) is 3.10. The Labute approximate surface area is 155 Å². The van der Waals surface area contributed by atoms with Crippen LogP contribution in [0.15, 0.2) is 53.8 Å². The number of amides is 1. The summed E-state index contributed by atoms with van der Waals surface area (Å²) in [7, 11) is 0. The van der Waals surface area contributed by atoms with Gasteiger partial charge in [0, 0.05) is 17.8 Å². The normalized spacial score (nSPS) is 10.3. The van der Waals surface area contributed by atoms with Gasteiger partial charge >= 0.3 is 0 Å². The Balaban J connectivity index is 1.72. The lowest BCUT2D eigenvalue weighted by Gasteiger charge is -2.08. The number of rotatable bonds is 6.